The highest BCUT2D eigenvalue weighted by Crippen LogP contribution is 2.32. The van der Waals surface area contributed by atoms with Crippen molar-refractivity contribution in [3.8, 4) is 0 Å². The Balaban J connectivity index is 2.71. The molecule has 17 heavy (non-hydrogen) atoms. The maximum Gasteiger partial charge on any atom is 0.344 e. The zero-order valence-electron chi connectivity index (χ0n) is 9.44. The predicted octanol–water partition coefficient (Wildman–Crippen LogP) is 1.75. The summed E-state index contributed by atoms with van der Waals surface area (Å²) in [4.78, 5) is 34.4. The average molecular weight is 230 g/mol. The van der Waals surface area contributed by atoms with Crippen molar-refractivity contribution < 1.29 is 19.1 Å². The largest absolute Gasteiger partial charge is 0.421 e. The highest BCUT2D eigenvalue weighted by molar-refractivity contribution is 6.25. The van der Waals surface area contributed by atoms with E-state index in [0.717, 1.165) is 0 Å². The summed E-state index contributed by atoms with van der Waals surface area (Å²) < 4.78 is 5.02. The molecule has 86 valence electrons. The van der Waals surface area contributed by atoms with E-state index >= 15 is 0 Å². The van der Waals surface area contributed by atoms with E-state index in [1.165, 1.54) is 13.8 Å². The van der Waals surface area contributed by atoms with Gasteiger partial charge in [0.1, 0.15) is 5.57 Å². The fourth-order valence-corrected chi connectivity index (χ4v) is 1.82. The molecular weight excluding hydrogens is 220 g/mol. The second kappa shape index (κ2) is 3.97. The van der Waals surface area contributed by atoms with Crippen LogP contribution in [0, 0.1) is 0 Å². The summed E-state index contributed by atoms with van der Waals surface area (Å²) in [5, 5.41) is 0. The summed E-state index contributed by atoms with van der Waals surface area (Å²) in [6, 6.07) is 6.67. The summed E-state index contributed by atoms with van der Waals surface area (Å²) in [6.07, 6.45) is 0. The number of fused-ring (bicyclic) bond motifs is 1. The first-order chi connectivity index (χ1) is 8.02. The first-order valence-corrected chi connectivity index (χ1v) is 5.10. The van der Waals surface area contributed by atoms with Gasteiger partial charge in [0.25, 0.3) is 0 Å². The molecule has 1 heterocycles. The molecule has 0 amide bonds. The highest BCUT2D eigenvalue weighted by Gasteiger charge is 2.31. The van der Waals surface area contributed by atoms with Crippen molar-refractivity contribution in [3.05, 3.63) is 41.0 Å². The molecule has 0 radical (unpaired) electrons. The highest BCUT2D eigenvalue weighted by atomic mass is 16.5. The minimum Gasteiger partial charge on any atom is -0.421 e. The lowest BCUT2D eigenvalue weighted by atomic mass is 10.0. The maximum atomic E-state index is 11.5. The Hall–Kier alpha value is -2.23. The summed E-state index contributed by atoms with van der Waals surface area (Å²) in [7, 11) is 0. The monoisotopic (exact) mass is 230 g/mol. The standard InChI is InChI=1S/C13H10O4/c1-7(14)11(8(2)15)12-9-5-3-4-6-10(9)13(16)17-12/h3-6H,1-2H3. The molecule has 2 rings (SSSR count). The van der Waals surface area contributed by atoms with Crippen LogP contribution >= 0.6 is 0 Å². The zero-order chi connectivity index (χ0) is 12.6. The molecule has 0 bridgehead atoms. The van der Waals surface area contributed by atoms with Crippen molar-refractivity contribution in [3.63, 3.8) is 0 Å². The molecule has 0 saturated heterocycles. The Bertz CT molecular complexity index is 551. The molecule has 0 spiro atoms. The molecule has 0 N–H and O–H groups in total. The topological polar surface area (TPSA) is 60.4 Å². The number of allylic oxidation sites excluding steroid dienone is 1. The van der Waals surface area contributed by atoms with Crippen LogP contribution in [0.15, 0.2) is 29.8 Å². The van der Waals surface area contributed by atoms with Crippen molar-refractivity contribution in [2.45, 2.75) is 13.8 Å². The van der Waals surface area contributed by atoms with E-state index in [0.29, 0.717) is 11.1 Å². The Labute approximate surface area is 97.9 Å². The van der Waals surface area contributed by atoms with Gasteiger partial charge in [-0.2, -0.15) is 0 Å². The van der Waals surface area contributed by atoms with Gasteiger partial charge in [0.15, 0.2) is 17.3 Å². The Morgan fingerprint density at radius 1 is 1.00 bits per heavy atom. The van der Waals surface area contributed by atoms with E-state index in [2.05, 4.69) is 0 Å². The van der Waals surface area contributed by atoms with Crippen molar-refractivity contribution >= 4 is 23.3 Å². The molecule has 0 unspecified atom stereocenters. The molecule has 0 atom stereocenters. The van der Waals surface area contributed by atoms with Crippen LogP contribution in [0.1, 0.15) is 29.8 Å². The molecule has 0 aliphatic carbocycles. The zero-order valence-corrected chi connectivity index (χ0v) is 9.44. The number of esters is 1. The molecule has 1 aromatic rings. The Morgan fingerprint density at radius 2 is 1.53 bits per heavy atom. The second-order valence-electron chi connectivity index (χ2n) is 3.75. The fourth-order valence-electron chi connectivity index (χ4n) is 1.82. The second-order valence-corrected chi connectivity index (χ2v) is 3.75. The van der Waals surface area contributed by atoms with Crippen molar-refractivity contribution in [2.24, 2.45) is 0 Å². The summed E-state index contributed by atoms with van der Waals surface area (Å²) in [6.45, 7) is 2.55. The van der Waals surface area contributed by atoms with E-state index in [1.54, 1.807) is 24.3 Å². The van der Waals surface area contributed by atoms with E-state index in [9.17, 15) is 14.4 Å². The van der Waals surface area contributed by atoms with E-state index in [4.69, 9.17) is 4.74 Å². The van der Waals surface area contributed by atoms with Gasteiger partial charge in [-0.1, -0.05) is 18.2 Å². The number of Topliss-reactive ketones (excluding diaryl/α,β-unsaturated/α-hetero) is 2. The quantitative estimate of drug-likeness (QED) is 0.336. The number of rotatable bonds is 2. The lowest BCUT2D eigenvalue weighted by molar-refractivity contribution is -0.119. The molecule has 1 aromatic carbocycles. The number of carbonyl (C=O) groups is 3. The van der Waals surface area contributed by atoms with E-state index < -0.39 is 17.5 Å². The molecule has 1 aliphatic heterocycles. The van der Waals surface area contributed by atoms with Crippen LogP contribution in [0.3, 0.4) is 0 Å². The summed E-state index contributed by atoms with van der Waals surface area (Å²) in [5.74, 6) is -1.27. The Kier molecular flexibility index (Phi) is 2.63. The minimum atomic E-state index is -0.532. The van der Waals surface area contributed by atoms with Gasteiger partial charge in [0.05, 0.1) is 5.56 Å². The molecule has 4 heteroatoms. The molecule has 0 aromatic heterocycles. The Morgan fingerprint density at radius 3 is 2.06 bits per heavy atom. The minimum absolute atomic E-state index is 0.0664. The molecule has 0 fully saturated rings. The van der Waals surface area contributed by atoms with Crippen molar-refractivity contribution in [1.29, 1.82) is 0 Å². The van der Waals surface area contributed by atoms with Crippen LogP contribution in [0.2, 0.25) is 0 Å². The molecule has 0 saturated carbocycles. The van der Waals surface area contributed by atoms with Crippen LogP contribution in [0.5, 0.6) is 0 Å². The molecule has 4 nitrogen and oxygen atoms in total. The third-order valence-corrected chi connectivity index (χ3v) is 2.52. The number of carbonyl (C=O) groups excluding carboxylic acids is 3. The first-order valence-electron chi connectivity index (χ1n) is 5.10. The number of hydrogen-bond acceptors (Lipinski definition) is 4. The molecule has 1 aliphatic rings. The number of hydrogen-bond donors (Lipinski definition) is 0. The summed E-state index contributed by atoms with van der Waals surface area (Å²) in [5.41, 5.74) is 0.809. The lowest BCUT2D eigenvalue weighted by Gasteiger charge is -2.03. The number of ketones is 2. The molecular formula is C13H10O4. The van der Waals surface area contributed by atoms with Gasteiger partial charge in [0, 0.05) is 5.56 Å². The average Bonchev–Trinajstić information content (AvgIpc) is 2.56. The van der Waals surface area contributed by atoms with Gasteiger partial charge in [-0.05, 0) is 19.9 Å². The lowest BCUT2D eigenvalue weighted by Crippen LogP contribution is -2.09. The van der Waals surface area contributed by atoms with Crippen LogP contribution in [-0.2, 0) is 14.3 Å². The SMILES string of the molecule is CC(=O)C(C(C)=O)=C1OC(=O)c2ccccc21. The third kappa shape index (κ3) is 1.78. The third-order valence-electron chi connectivity index (χ3n) is 2.52. The van der Waals surface area contributed by atoms with Crippen molar-refractivity contribution in [1.82, 2.24) is 0 Å². The predicted molar refractivity (Wildman–Crippen MR) is 60.1 cm³/mol. The van der Waals surface area contributed by atoms with Crippen LogP contribution in [-0.4, -0.2) is 17.5 Å². The van der Waals surface area contributed by atoms with E-state index in [-0.39, 0.29) is 11.3 Å². The number of ether oxygens (including phenoxy) is 1. The van der Waals surface area contributed by atoms with Crippen molar-refractivity contribution in [2.75, 3.05) is 0 Å². The first kappa shape index (κ1) is 11.3. The van der Waals surface area contributed by atoms with E-state index in [1.807, 2.05) is 0 Å². The van der Waals surface area contributed by atoms with Crippen LogP contribution < -0.4 is 0 Å². The van der Waals surface area contributed by atoms with Gasteiger partial charge in [-0.3, -0.25) is 9.59 Å². The normalized spacial score (nSPS) is 13.1. The smallest absolute Gasteiger partial charge is 0.344 e. The van der Waals surface area contributed by atoms with Gasteiger partial charge in [-0.25, -0.2) is 4.79 Å². The van der Waals surface area contributed by atoms with Gasteiger partial charge in [0.2, 0.25) is 0 Å². The van der Waals surface area contributed by atoms with Gasteiger partial charge < -0.3 is 4.74 Å². The maximum absolute atomic E-state index is 11.5. The van der Waals surface area contributed by atoms with Crippen LogP contribution in [0.4, 0.5) is 0 Å². The van der Waals surface area contributed by atoms with Gasteiger partial charge in [-0.15, -0.1) is 0 Å². The van der Waals surface area contributed by atoms with Gasteiger partial charge >= 0.3 is 5.97 Å². The number of benzene rings is 1. The fraction of sp³-hybridized carbons (Fsp3) is 0.154. The number of cyclic esters (lactones) is 1. The summed E-state index contributed by atoms with van der Waals surface area (Å²) >= 11 is 0. The van der Waals surface area contributed by atoms with Crippen LogP contribution in [0.25, 0.3) is 5.76 Å².